The first-order valence-corrected chi connectivity index (χ1v) is 7.88. The van der Waals surface area contributed by atoms with E-state index >= 15 is 0 Å². The molecule has 0 aliphatic carbocycles. The Morgan fingerprint density at radius 2 is 2.14 bits per heavy atom. The predicted octanol–water partition coefficient (Wildman–Crippen LogP) is -0.461. The molecule has 3 aliphatic rings. The summed E-state index contributed by atoms with van der Waals surface area (Å²) in [7, 11) is 2.00. The molecule has 3 aliphatic heterocycles. The molecule has 0 aromatic rings. The summed E-state index contributed by atoms with van der Waals surface area (Å²) in [6.07, 6.45) is 2.90. The van der Waals surface area contributed by atoms with Crippen LogP contribution in [0.5, 0.6) is 0 Å². The first kappa shape index (κ1) is 15.2. The quantitative estimate of drug-likeness (QED) is 0.655. The molecule has 6 unspecified atom stereocenters. The van der Waals surface area contributed by atoms with Crippen LogP contribution in [0.4, 0.5) is 0 Å². The number of carbonyl (C=O) groups is 1. The highest BCUT2D eigenvalue weighted by atomic mass is 16.7. The average Bonchev–Trinajstić information content (AvgIpc) is 3.15. The summed E-state index contributed by atoms with van der Waals surface area (Å²) in [4.78, 5) is 18.0. The monoisotopic (exact) mass is 298 g/mol. The second kappa shape index (κ2) is 6.18. The molecule has 0 spiro atoms. The normalized spacial score (nSPS) is 44.3. The van der Waals surface area contributed by atoms with Crippen LogP contribution in [0.25, 0.3) is 0 Å². The lowest BCUT2D eigenvalue weighted by atomic mass is 10.0. The highest BCUT2D eigenvalue weighted by molar-refractivity contribution is 5.82. The number of amides is 1. The summed E-state index contributed by atoms with van der Waals surface area (Å²) in [5.41, 5.74) is 6.19. The van der Waals surface area contributed by atoms with Crippen LogP contribution in [-0.4, -0.2) is 60.9 Å². The van der Waals surface area contributed by atoms with Gasteiger partial charge in [0.05, 0.1) is 12.1 Å². The lowest BCUT2D eigenvalue weighted by Crippen LogP contribution is -2.51. The molecule has 3 fully saturated rings. The number of nitrogens with zero attached hydrogens (tertiary/aromatic N) is 1. The van der Waals surface area contributed by atoms with Gasteiger partial charge in [0.1, 0.15) is 12.1 Å². The van der Waals surface area contributed by atoms with Gasteiger partial charge in [-0.2, -0.15) is 5.48 Å². The molecule has 0 radical (unpaired) electrons. The van der Waals surface area contributed by atoms with E-state index in [4.69, 9.17) is 9.57 Å². The number of ether oxygens (including phenoxy) is 1. The third-order valence-corrected chi connectivity index (χ3v) is 4.91. The summed E-state index contributed by atoms with van der Waals surface area (Å²) >= 11 is 0. The van der Waals surface area contributed by atoms with E-state index in [2.05, 4.69) is 30.1 Å². The van der Waals surface area contributed by atoms with Crippen molar-refractivity contribution in [1.82, 2.24) is 21.2 Å². The second-order valence-corrected chi connectivity index (χ2v) is 6.42. The zero-order chi connectivity index (χ0) is 15.0. The largest absolute Gasteiger partial charge is 0.375 e. The SMILES string of the molecule is CC1NN(C)C(C)C1NC(=O)C1CC(C2CCCO2)ON1. The Bertz CT molecular complexity index is 388. The van der Waals surface area contributed by atoms with Gasteiger partial charge in [-0.05, 0) is 26.7 Å². The number of likely N-dealkylation sites (N-methyl/N-ethyl adjacent to an activating group) is 1. The van der Waals surface area contributed by atoms with Crippen molar-refractivity contribution in [2.75, 3.05) is 13.7 Å². The number of carbonyl (C=O) groups excluding carboxylic acids is 1. The molecule has 6 atom stereocenters. The Morgan fingerprint density at radius 1 is 1.33 bits per heavy atom. The van der Waals surface area contributed by atoms with Gasteiger partial charge in [-0.3, -0.25) is 15.1 Å². The predicted molar refractivity (Wildman–Crippen MR) is 77.1 cm³/mol. The molecule has 0 bridgehead atoms. The molecule has 3 rings (SSSR count). The molecule has 0 aromatic carbocycles. The van der Waals surface area contributed by atoms with Crippen LogP contribution in [0.1, 0.15) is 33.1 Å². The van der Waals surface area contributed by atoms with Crippen LogP contribution >= 0.6 is 0 Å². The summed E-state index contributed by atoms with van der Waals surface area (Å²) in [6.45, 7) is 4.99. The van der Waals surface area contributed by atoms with Crippen molar-refractivity contribution in [3.8, 4) is 0 Å². The first-order valence-electron chi connectivity index (χ1n) is 7.88. The third-order valence-electron chi connectivity index (χ3n) is 4.91. The maximum absolute atomic E-state index is 12.4. The van der Waals surface area contributed by atoms with Gasteiger partial charge in [0, 0.05) is 32.2 Å². The van der Waals surface area contributed by atoms with Crippen LogP contribution in [-0.2, 0) is 14.4 Å². The Kier molecular flexibility index (Phi) is 4.46. The molecule has 0 aromatic heterocycles. The van der Waals surface area contributed by atoms with E-state index in [1.165, 1.54) is 0 Å². The summed E-state index contributed by atoms with van der Waals surface area (Å²) < 4.78 is 5.63. The summed E-state index contributed by atoms with van der Waals surface area (Å²) in [5.74, 6) is 0.0105. The number of hydrogen-bond acceptors (Lipinski definition) is 6. The number of hydrazine groups is 1. The average molecular weight is 298 g/mol. The van der Waals surface area contributed by atoms with Gasteiger partial charge in [0.15, 0.2) is 0 Å². The zero-order valence-corrected chi connectivity index (χ0v) is 13.0. The third kappa shape index (κ3) is 3.07. The summed E-state index contributed by atoms with van der Waals surface area (Å²) in [5, 5.41) is 5.18. The van der Waals surface area contributed by atoms with Crippen LogP contribution < -0.4 is 16.2 Å². The van der Waals surface area contributed by atoms with E-state index in [1.54, 1.807) is 0 Å². The topological polar surface area (TPSA) is 74.9 Å². The Balaban J connectivity index is 1.52. The molecule has 3 saturated heterocycles. The molecular weight excluding hydrogens is 272 g/mol. The fourth-order valence-electron chi connectivity index (χ4n) is 3.47. The lowest BCUT2D eigenvalue weighted by molar-refractivity contribution is -0.125. The second-order valence-electron chi connectivity index (χ2n) is 6.42. The van der Waals surface area contributed by atoms with Gasteiger partial charge in [-0.1, -0.05) is 0 Å². The van der Waals surface area contributed by atoms with Crippen LogP contribution in [0, 0.1) is 0 Å². The Morgan fingerprint density at radius 3 is 2.76 bits per heavy atom. The highest BCUT2D eigenvalue weighted by Gasteiger charge is 2.40. The van der Waals surface area contributed by atoms with E-state index in [-0.39, 0.29) is 42.3 Å². The molecule has 21 heavy (non-hydrogen) atoms. The van der Waals surface area contributed by atoms with Gasteiger partial charge in [-0.25, -0.2) is 5.01 Å². The minimum absolute atomic E-state index is 0.0105. The van der Waals surface area contributed by atoms with Crippen molar-refractivity contribution in [2.45, 2.75) is 69.5 Å². The molecular formula is C14H26N4O3. The van der Waals surface area contributed by atoms with Crippen LogP contribution in [0.2, 0.25) is 0 Å². The maximum atomic E-state index is 12.4. The minimum atomic E-state index is -0.287. The van der Waals surface area contributed by atoms with Gasteiger partial charge >= 0.3 is 0 Å². The van der Waals surface area contributed by atoms with Crippen molar-refractivity contribution < 1.29 is 14.4 Å². The maximum Gasteiger partial charge on any atom is 0.239 e. The molecule has 7 heteroatoms. The standard InChI is InChI=1S/C14H26N4O3/c1-8-13(9(2)18(3)16-8)15-14(19)10-7-12(21-17-10)11-5-4-6-20-11/h8-13,16-17H,4-7H2,1-3H3,(H,15,19). The fraction of sp³-hybridized carbons (Fsp3) is 0.929. The first-order chi connectivity index (χ1) is 10.1. The smallest absolute Gasteiger partial charge is 0.239 e. The van der Waals surface area contributed by atoms with Crippen molar-refractivity contribution in [3.63, 3.8) is 0 Å². The van der Waals surface area contributed by atoms with Gasteiger partial charge in [0.2, 0.25) is 5.91 Å². The van der Waals surface area contributed by atoms with E-state index in [0.29, 0.717) is 6.42 Å². The fourth-order valence-corrected chi connectivity index (χ4v) is 3.47. The summed E-state index contributed by atoms with van der Waals surface area (Å²) in [6, 6.07) is 0.307. The number of nitrogens with one attached hydrogen (secondary N) is 3. The molecule has 0 saturated carbocycles. The van der Waals surface area contributed by atoms with Gasteiger partial charge < -0.3 is 10.1 Å². The molecule has 7 nitrogen and oxygen atoms in total. The molecule has 3 heterocycles. The van der Waals surface area contributed by atoms with E-state index in [9.17, 15) is 4.79 Å². The van der Waals surface area contributed by atoms with Crippen molar-refractivity contribution in [3.05, 3.63) is 0 Å². The van der Waals surface area contributed by atoms with E-state index in [0.717, 1.165) is 19.4 Å². The van der Waals surface area contributed by atoms with Crippen LogP contribution in [0.3, 0.4) is 0 Å². The van der Waals surface area contributed by atoms with Crippen molar-refractivity contribution >= 4 is 5.91 Å². The highest BCUT2D eigenvalue weighted by Crippen LogP contribution is 2.24. The van der Waals surface area contributed by atoms with E-state index in [1.807, 2.05) is 12.1 Å². The number of hydrogen-bond donors (Lipinski definition) is 3. The number of rotatable bonds is 3. The minimum Gasteiger partial charge on any atom is -0.375 e. The van der Waals surface area contributed by atoms with Crippen molar-refractivity contribution in [1.29, 1.82) is 0 Å². The Labute approximate surface area is 125 Å². The van der Waals surface area contributed by atoms with Crippen molar-refractivity contribution in [2.24, 2.45) is 0 Å². The van der Waals surface area contributed by atoms with Gasteiger partial charge in [-0.15, -0.1) is 0 Å². The molecule has 1 amide bonds. The van der Waals surface area contributed by atoms with Crippen LogP contribution in [0.15, 0.2) is 0 Å². The lowest BCUT2D eigenvalue weighted by Gasteiger charge is -2.22. The zero-order valence-electron chi connectivity index (χ0n) is 13.0. The van der Waals surface area contributed by atoms with Gasteiger partial charge in [0.25, 0.3) is 0 Å². The van der Waals surface area contributed by atoms with E-state index < -0.39 is 0 Å². The Hall–Kier alpha value is -0.730. The molecule has 120 valence electrons. The molecule has 3 N–H and O–H groups in total. The number of hydroxylamine groups is 1.